The van der Waals surface area contributed by atoms with Crippen LogP contribution in [-0.2, 0) is 0 Å². The molecule has 1 aliphatic rings. The first-order chi connectivity index (χ1) is 6.96. The van der Waals surface area contributed by atoms with E-state index in [1.54, 1.807) is 0 Å². The van der Waals surface area contributed by atoms with Gasteiger partial charge >= 0.3 is 0 Å². The Bertz CT molecular complexity index is 172. The van der Waals surface area contributed by atoms with E-state index in [9.17, 15) is 0 Å². The molecule has 0 heterocycles. The lowest BCUT2D eigenvalue weighted by molar-refractivity contribution is 0.0855. The van der Waals surface area contributed by atoms with Gasteiger partial charge in [0.25, 0.3) is 0 Å². The molecule has 15 heavy (non-hydrogen) atoms. The molecule has 1 saturated carbocycles. The van der Waals surface area contributed by atoms with Crippen molar-refractivity contribution >= 4 is 0 Å². The lowest BCUT2D eigenvalue weighted by atomic mass is 9.64. The van der Waals surface area contributed by atoms with E-state index in [1.807, 2.05) is 0 Å². The van der Waals surface area contributed by atoms with Crippen molar-refractivity contribution in [2.45, 2.75) is 73.1 Å². The third-order valence-electron chi connectivity index (χ3n) is 4.52. The zero-order valence-corrected chi connectivity index (χ0v) is 11.5. The van der Waals surface area contributed by atoms with E-state index in [0.29, 0.717) is 5.41 Å². The fourth-order valence-electron chi connectivity index (χ4n) is 3.49. The molecule has 0 nitrogen and oxygen atoms in total. The SMILES string of the molecule is CCCC(C)(C)CCCC1C(C)CC1C. The van der Waals surface area contributed by atoms with Crippen molar-refractivity contribution in [2.75, 3.05) is 0 Å². The predicted molar refractivity (Wildman–Crippen MR) is 69.0 cm³/mol. The summed E-state index contributed by atoms with van der Waals surface area (Å²) in [7, 11) is 0. The standard InChI is InChI=1S/C15H30/c1-6-9-15(4,5)10-7-8-14-12(2)11-13(14)3/h12-14H,6-11H2,1-5H3. The van der Waals surface area contributed by atoms with Gasteiger partial charge in [-0.1, -0.05) is 47.5 Å². The molecule has 0 spiro atoms. The molecule has 0 amide bonds. The Kier molecular flexibility index (Phi) is 4.67. The van der Waals surface area contributed by atoms with Gasteiger partial charge in [-0.15, -0.1) is 0 Å². The van der Waals surface area contributed by atoms with E-state index in [2.05, 4.69) is 34.6 Å². The minimum atomic E-state index is 0.588. The van der Waals surface area contributed by atoms with Gasteiger partial charge in [0.05, 0.1) is 0 Å². The lowest BCUT2D eigenvalue weighted by Crippen LogP contribution is -2.32. The van der Waals surface area contributed by atoms with Gasteiger partial charge in [-0.25, -0.2) is 0 Å². The zero-order valence-electron chi connectivity index (χ0n) is 11.5. The van der Waals surface area contributed by atoms with E-state index < -0.39 is 0 Å². The number of hydrogen-bond acceptors (Lipinski definition) is 0. The van der Waals surface area contributed by atoms with Crippen LogP contribution in [0.15, 0.2) is 0 Å². The van der Waals surface area contributed by atoms with Crippen LogP contribution in [0.25, 0.3) is 0 Å². The summed E-state index contributed by atoms with van der Waals surface area (Å²) in [6, 6.07) is 0. The van der Waals surface area contributed by atoms with Gasteiger partial charge in [-0.3, -0.25) is 0 Å². The maximum absolute atomic E-state index is 2.43. The summed E-state index contributed by atoms with van der Waals surface area (Å²) in [4.78, 5) is 0. The van der Waals surface area contributed by atoms with Gasteiger partial charge in [0.2, 0.25) is 0 Å². The van der Waals surface area contributed by atoms with Crippen LogP contribution in [0.2, 0.25) is 0 Å². The molecule has 0 bridgehead atoms. The van der Waals surface area contributed by atoms with Crippen molar-refractivity contribution in [3.63, 3.8) is 0 Å². The molecule has 0 aliphatic heterocycles. The molecule has 0 radical (unpaired) electrons. The van der Waals surface area contributed by atoms with Crippen molar-refractivity contribution in [1.82, 2.24) is 0 Å². The van der Waals surface area contributed by atoms with Crippen LogP contribution in [0, 0.1) is 23.2 Å². The summed E-state index contributed by atoms with van der Waals surface area (Å²) in [6.07, 6.45) is 8.56. The largest absolute Gasteiger partial charge is 0.0654 e. The van der Waals surface area contributed by atoms with Crippen LogP contribution in [0.4, 0.5) is 0 Å². The average molecular weight is 210 g/mol. The van der Waals surface area contributed by atoms with Crippen molar-refractivity contribution in [2.24, 2.45) is 23.2 Å². The van der Waals surface area contributed by atoms with E-state index in [1.165, 1.54) is 38.5 Å². The Morgan fingerprint density at radius 2 is 1.67 bits per heavy atom. The summed E-state index contributed by atoms with van der Waals surface area (Å²) in [5.74, 6) is 3.06. The van der Waals surface area contributed by atoms with Gasteiger partial charge in [0, 0.05) is 0 Å². The molecule has 1 rings (SSSR count). The first kappa shape index (κ1) is 13.1. The van der Waals surface area contributed by atoms with E-state index in [-0.39, 0.29) is 0 Å². The van der Waals surface area contributed by atoms with Crippen LogP contribution < -0.4 is 0 Å². The minimum absolute atomic E-state index is 0.588. The summed E-state index contributed by atoms with van der Waals surface area (Å²) >= 11 is 0. The van der Waals surface area contributed by atoms with Crippen LogP contribution >= 0.6 is 0 Å². The van der Waals surface area contributed by atoms with Crippen LogP contribution in [0.1, 0.15) is 73.1 Å². The molecular formula is C15H30. The first-order valence-corrected chi connectivity index (χ1v) is 6.96. The monoisotopic (exact) mass is 210 g/mol. The number of rotatable bonds is 6. The van der Waals surface area contributed by atoms with Crippen molar-refractivity contribution in [3.8, 4) is 0 Å². The quantitative estimate of drug-likeness (QED) is 0.560. The lowest BCUT2D eigenvalue weighted by Gasteiger charge is -2.41. The summed E-state index contributed by atoms with van der Waals surface area (Å²) < 4.78 is 0. The minimum Gasteiger partial charge on any atom is -0.0654 e. The molecule has 2 atom stereocenters. The molecule has 0 heteroatoms. The highest BCUT2D eigenvalue weighted by Crippen LogP contribution is 2.43. The molecule has 2 unspecified atom stereocenters. The van der Waals surface area contributed by atoms with Gasteiger partial charge in [0.1, 0.15) is 0 Å². The third kappa shape index (κ3) is 3.81. The fourth-order valence-corrected chi connectivity index (χ4v) is 3.49. The summed E-state index contributed by atoms with van der Waals surface area (Å²) in [5.41, 5.74) is 0.588. The van der Waals surface area contributed by atoms with E-state index >= 15 is 0 Å². The molecule has 0 saturated heterocycles. The summed E-state index contributed by atoms with van der Waals surface area (Å²) in [5, 5.41) is 0. The predicted octanol–water partition coefficient (Wildman–Crippen LogP) is 5.28. The molecular weight excluding hydrogens is 180 g/mol. The number of hydrogen-bond donors (Lipinski definition) is 0. The zero-order chi connectivity index (χ0) is 11.5. The second-order valence-electron chi connectivity index (χ2n) is 6.66. The normalized spacial score (nSPS) is 31.4. The highest BCUT2D eigenvalue weighted by atomic mass is 14.4. The summed E-state index contributed by atoms with van der Waals surface area (Å²) in [6.45, 7) is 12.0. The topological polar surface area (TPSA) is 0 Å². The molecule has 1 fully saturated rings. The molecule has 1 aliphatic carbocycles. The fraction of sp³-hybridized carbons (Fsp3) is 1.00. The molecule has 0 N–H and O–H groups in total. The Hall–Kier alpha value is 0. The molecule has 0 aromatic heterocycles. The van der Waals surface area contributed by atoms with Crippen LogP contribution in [0.3, 0.4) is 0 Å². The van der Waals surface area contributed by atoms with Crippen molar-refractivity contribution in [3.05, 3.63) is 0 Å². The highest BCUT2D eigenvalue weighted by Gasteiger charge is 2.34. The maximum Gasteiger partial charge on any atom is -0.0354 e. The molecule has 0 aromatic carbocycles. The second kappa shape index (κ2) is 5.37. The van der Waals surface area contributed by atoms with Gasteiger partial charge < -0.3 is 0 Å². The van der Waals surface area contributed by atoms with Gasteiger partial charge in [0.15, 0.2) is 0 Å². The smallest absolute Gasteiger partial charge is 0.0354 e. The van der Waals surface area contributed by atoms with E-state index in [4.69, 9.17) is 0 Å². The van der Waals surface area contributed by atoms with Gasteiger partial charge in [-0.05, 0) is 48.9 Å². The van der Waals surface area contributed by atoms with E-state index in [0.717, 1.165) is 17.8 Å². The molecule has 0 aromatic rings. The van der Waals surface area contributed by atoms with Crippen LogP contribution in [0.5, 0.6) is 0 Å². The van der Waals surface area contributed by atoms with Crippen molar-refractivity contribution in [1.29, 1.82) is 0 Å². The third-order valence-corrected chi connectivity index (χ3v) is 4.52. The van der Waals surface area contributed by atoms with Gasteiger partial charge in [-0.2, -0.15) is 0 Å². The second-order valence-corrected chi connectivity index (χ2v) is 6.66. The molecule has 90 valence electrons. The maximum atomic E-state index is 2.43. The first-order valence-electron chi connectivity index (χ1n) is 6.96. The Labute approximate surface area is 96.8 Å². The Balaban J connectivity index is 2.15. The Morgan fingerprint density at radius 3 is 2.13 bits per heavy atom. The Morgan fingerprint density at radius 1 is 1.07 bits per heavy atom. The van der Waals surface area contributed by atoms with Crippen molar-refractivity contribution < 1.29 is 0 Å². The van der Waals surface area contributed by atoms with Crippen LogP contribution in [-0.4, -0.2) is 0 Å². The highest BCUT2D eigenvalue weighted by molar-refractivity contribution is 4.84. The average Bonchev–Trinajstić information content (AvgIpc) is 2.12.